The predicted octanol–water partition coefficient (Wildman–Crippen LogP) is 6.36. The average Bonchev–Trinajstić information content (AvgIpc) is 3.26. The number of aryl methyl sites for hydroxylation is 1. The molecule has 0 saturated carbocycles. The predicted molar refractivity (Wildman–Crippen MR) is 146 cm³/mol. The van der Waals surface area contributed by atoms with Gasteiger partial charge in [-0.1, -0.05) is 76.9 Å². The normalized spacial score (nSPS) is 11.9. The monoisotopic (exact) mass is 550 g/mol. The second-order valence-electron chi connectivity index (χ2n) is 8.44. The second kappa shape index (κ2) is 12.4. The molecule has 194 valence electrons. The first-order valence-corrected chi connectivity index (χ1v) is 12.4. The Labute approximate surface area is 229 Å². The van der Waals surface area contributed by atoms with Crippen LogP contribution in [0.2, 0.25) is 10.0 Å². The molecule has 1 heterocycles. The van der Waals surface area contributed by atoms with Gasteiger partial charge in [-0.2, -0.15) is 0 Å². The molecule has 0 spiro atoms. The number of carboxylic acids is 1. The third-order valence-electron chi connectivity index (χ3n) is 5.77. The van der Waals surface area contributed by atoms with Crippen LogP contribution in [0, 0.1) is 6.92 Å². The van der Waals surface area contributed by atoms with Crippen LogP contribution in [0.1, 0.15) is 22.5 Å². The lowest BCUT2D eigenvalue weighted by Crippen LogP contribution is -2.41. The molecule has 1 atom stereocenters. The van der Waals surface area contributed by atoms with Gasteiger partial charge in [0.15, 0.2) is 0 Å². The first-order valence-electron chi connectivity index (χ1n) is 11.7. The maximum atomic E-state index is 12.3. The summed E-state index contributed by atoms with van der Waals surface area (Å²) in [5, 5.41) is 17.0. The molecule has 0 aliphatic carbocycles. The first kappa shape index (κ1) is 27.0. The lowest BCUT2D eigenvalue weighted by Gasteiger charge is -2.13. The Morgan fingerprint density at radius 3 is 2.37 bits per heavy atom. The molecule has 4 aromatic rings. The fourth-order valence-corrected chi connectivity index (χ4v) is 4.33. The van der Waals surface area contributed by atoms with Gasteiger partial charge >= 0.3 is 5.97 Å². The quantitative estimate of drug-likeness (QED) is 0.223. The maximum Gasteiger partial charge on any atom is 0.326 e. The van der Waals surface area contributed by atoms with Crippen LogP contribution >= 0.6 is 23.2 Å². The third kappa shape index (κ3) is 6.82. The molecule has 0 unspecified atom stereocenters. The van der Waals surface area contributed by atoms with E-state index in [4.69, 9.17) is 32.5 Å². The van der Waals surface area contributed by atoms with Crippen molar-refractivity contribution in [2.24, 2.45) is 0 Å². The summed E-state index contributed by atoms with van der Waals surface area (Å²) >= 11 is 12.7. The maximum absolute atomic E-state index is 12.3. The van der Waals surface area contributed by atoms with E-state index in [9.17, 15) is 14.7 Å². The number of ether oxygens (including phenoxy) is 1. The van der Waals surface area contributed by atoms with Gasteiger partial charge in [-0.25, -0.2) is 4.79 Å². The molecule has 4 rings (SSSR count). The Hall–Kier alpha value is -4.07. The van der Waals surface area contributed by atoms with E-state index in [0.29, 0.717) is 32.8 Å². The third-order valence-corrected chi connectivity index (χ3v) is 6.40. The van der Waals surface area contributed by atoms with Crippen molar-refractivity contribution in [2.75, 3.05) is 0 Å². The molecule has 9 heteroatoms. The van der Waals surface area contributed by atoms with E-state index in [1.54, 1.807) is 55.5 Å². The Morgan fingerprint density at radius 2 is 1.71 bits per heavy atom. The van der Waals surface area contributed by atoms with Crippen molar-refractivity contribution in [1.82, 2.24) is 10.5 Å². The molecule has 0 fully saturated rings. The Morgan fingerprint density at radius 1 is 1.03 bits per heavy atom. The highest BCUT2D eigenvalue weighted by molar-refractivity contribution is 6.39. The van der Waals surface area contributed by atoms with Crippen molar-refractivity contribution in [3.8, 4) is 17.0 Å². The van der Waals surface area contributed by atoms with Crippen LogP contribution in [-0.4, -0.2) is 28.2 Å². The number of halogens is 2. The fraction of sp³-hybridized carbons (Fsp3) is 0.138. The van der Waals surface area contributed by atoms with Crippen molar-refractivity contribution >= 4 is 41.2 Å². The summed E-state index contributed by atoms with van der Waals surface area (Å²) in [6, 6.07) is 20.4. The fourth-order valence-electron chi connectivity index (χ4n) is 3.75. The highest BCUT2D eigenvalue weighted by atomic mass is 35.5. The molecule has 0 aliphatic rings. The van der Waals surface area contributed by atoms with Crippen LogP contribution in [0.5, 0.6) is 5.75 Å². The van der Waals surface area contributed by atoms with E-state index in [2.05, 4.69) is 10.5 Å². The summed E-state index contributed by atoms with van der Waals surface area (Å²) in [7, 11) is 0. The van der Waals surface area contributed by atoms with Crippen molar-refractivity contribution in [3.05, 3.63) is 111 Å². The lowest BCUT2D eigenvalue weighted by atomic mass is 10.1. The molecule has 1 amide bonds. The summed E-state index contributed by atoms with van der Waals surface area (Å²) in [6.45, 7) is 1.97. The minimum atomic E-state index is -1.10. The molecular weight excluding hydrogens is 527 g/mol. The number of carboxylic acid groups (broad SMARTS) is 1. The smallest absolute Gasteiger partial charge is 0.326 e. The van der Waals surface area contributed by atoms with Crippen LogP contribution in [0.3, 0.4) is 0 Å². The highest BCUT2D eigenvalue weighted by Gasteiger charge is 2.21. The summed E-state index contributed by atoms with van der Waals surface area (Å²) in [6.07, 6.45) is 3.09. The zero-order valence-corrected chi connectivity index (χ0v) is 21.9. The number of aliphatic carboxylic acids is 1. The summed E-state index contributed by atoms with van der Waals surface area (Å²) in [5.41, 5.74) is 3.40. The molecule has 0 saturated heterocycles. The van der Waals surface area contributed by atoms with Gasteiger partial charge < -0.3 is 19.7 Å². The lowest BCUT2D eigenvalue weighted by molar-refractivity contribution is -0.141. The van der Waals surface area contributed by atoms with Crippen LogP contribution < -0.4 is 10.1 Å². The van der Waals surface area contributed by atoms with Gasteiger partial charge in [-0.05, 0) is 48.4 Å². The minimum absolute atomic E-state index is 0.182. The number of hydrogen-bond donors (Lipinski definition) is 2. The molecule has 0 bridgehead atoms. The molecule has 2 N–H and O–H groups in total. The van der Waals surface area contributed by atoms with Crippen LogP contribution in [0.25, 0.3) is 17.3 Å². The van der Waals surface area contributed by atoms with Crippen LogP contribution in [-0.2, 0) is 22.6 Å². The van der Waals surface area contributed by atoms with Crippen molar-refractivity contribution < 1.29 is 24.0 Å². The summed E-state index contributed by atoms with van der Waals surface area (Å²) < 4.78 is 11.3. The van der Waals surface area contributed by atoms with E-state index in [-0.39, 0.29) is 13.0 Å². The molecule has 38 heavy (non-hydrogen) atoms. The molecule has 1 aromatic heterocycles. The van der Waals surface area contributed by atoms with Gasteiger partial charge in [-0.3, -0.25) is 4.79 Å². The zero-order valence-electron chi connectivity index (χ0n) is 20.4. The van der Waals surface area contributed by atoms with E-state index < -0.39 is 17.9 Å². The Bertz CT molecular complexity index is 1430. The SMILES string of the molecule is Cc1onc(-c2c(Cl)cccc2Cl)c1COc1ccc(C=CC(=O)N[C@@H](Cc2ccccc2)C(=O)O)cc1. The van der Waals surface area contributed by atoms with E-state index in [0.717, 1.165) is 16.7 Å². The van der Waals surface area contributed by atoms with E-state index in [1.165, 1.54) is 6.08 Å². The number of amides is 1. The number of carbonyl (C=O) groups is 2. The number of benzene rings is 3. The topological polar surface area (TPSA) is 102 Å². The van der Waals surface area contributed by atoms with Crippen LogP contribution in [0.15, 0.2) is 83.4 Å². The van der Waals surface area contributed by atoms with Gasteiger partial charge in [-0.15, -0.1) is 0 Å². The van der Waals surface area contributed by atoms with Crippen molar-refractivity contribution in [3.63, 3.8) is 0 Å². The molecule has 7 nitrogen and oxygen atoms in total. The Kier molecular flexibility index (Phi) is 8.84. The van der Waals surface area contributed by atoms with Gasteiger partial charge in [0.05, 0.1) is 15.6 Å². The first-order chi connectivity index (χ1) is 18.3. The van der Waals surface area contributed by atoms with Crippen molar-refractivity contribution in [1.29, 1.82) is 0 Å². The largest absolute Gasteiger partial charge is 0.489 e. The zero-order chi connectivity index (χ0) is 27.1. The average molecular weight is 551 g/mol. The van der Waals surface area contributed by atoms with Gasteiger partial charge in [0.1, 0.15) is 29.9 Å². The molecular formula is C29H24Cl2N2O5. The van der Waals surface area contributed by atoms with Crippen molar-refractivity contribution in [2.45, 2.75) is 26.0 Å². The number of hydrogen-bond acceptors (Lipinski definition) is 5. The highest BCUT2D eigenvalue weighted by Crippen LogP contribution is 2.37. The van der Waals surface area contributed by atoms with Gasteiger partial charge in [0.2, 0.25) is 5.91 Å². The number of carbonyl (C=O) groups excluding carboxylic acids is 1. The molecule has 0 radical (unpaired) electrons. The van der Waals surface area contributed by atoms with E-state index in [1.807, 2.05) is 30.3 Å². The van der Waals surface area contributed by atoms with Gasteiger partial charge in [0, 0.05) is 18.1 Å². The number of nitrogens with one attached hydrogen (secondary N) is 1. The molecule has 3 aromatic carbocycles. The Balaban J connectivity index is 1.37. The summed E-state index contributed by atoms with van der Waals surface area (Å²) in [4.78, 5) is 23.9. The standard InChI is InChI=1S/C29H24Cl2N2O5/c1-18-22(28(33-38-18)27-23(30)8-5-9-24(27)31)17-37-21-13-10-19(11-14-21)12-15-26(34)32-25(29(35)36)16-20-6-3-2-4-7-20/h2-15,25H,16-17H2,1H3,(H,32,34)(H,35,36)/t25-/m0/s1. The number of rotatable bonds is 10. The second-order valence-corrected chi connectivity index (χ2v) is 9.26. The van der Waals surface area contributed by atoms with E-state index >= 15 is 0 Å². The summed E-state index contributed by atoms with van der Waals surface area (Å²) in [5.74, 6) is -0.409. The number of aromatic nitrogens is 1. The van der Waals surface area contributed by atoms with Crippen LogP contribution in [0.4, 0.5) is 0 Å². The minimum Gasteiger partial charge on any atom is -0.489 e. The van der Waals surface area contributed by atoms with Gasteiger partial charge in [0.25, 0.3) is 0 Å². The number of nitrogens with zero attached hydrogens (tertiary/aromatic N) is 1. The molecule has 0 aliphatic heterocycles.